The predicted molar refractivity (Wildman–Crippen MR) is 82.2 cm³/mol. The minimum absolute atomic E-state index is 0.245. The van der Waals surface area contributed by atoms with Crippen LogP contribution in [0.5, 0.6) is 5.75 Å². The Labute approximate surface area is 122 Å². The highest BCUT2D eigenvalue weighted by Gasteiger charge is 2.23. The lowest BCUT2D eigenvalue weighted by molar-refractivity contribution is -0.0145. The third-order valence-corrected chi connectivity index (χ3v) is 4.38. The third kappa shape index (κ3) is 3.97. The van der Waals surface area contributed by atoms with E-state index >= 15 is 0 Å². The molecule has 3 atom stereocenters. The standard InChI is InChI=1S/C17H27NO2/c1-13-6-4-5-7-17(13)20-12-16(18-2)14-8-10-15(19-3)11-9-14/h8-11,13,16-18H,4-7,12H2,1-3H3. The van der Waals surface area contributed by atoms with Gasteiger partial charge in [0.25, 0.3) is 0 Å². The Morgan fingerprint density at radius 2 is 1.90 bits per heavy atom. The van der Waals surface area contributed by atoms with Gasteiger partial charge in [-0.05, 0) is 43.5 Å². The van der Waals surface area contributed by atoms with Crippen LogP contribution >= 0.6 is 0 Å². The van der Waals surface area contributed by atoms with Crippen LogP contribution in [0.15, 0.2) is 24.3 Å². The van der Waals surface area contributed by atoms with Crippen LogP contribution in [0.4, 0.5) is 0 Å². The van der Waals surface area contributed by atoms with Gasteiger partial charge in [-0.25, -0.2) is 0 Å². The van der Waals surface area contributed by atoms with E-state index in [1.165, 1.54) is 31.2 Å². The van der Waals surface area contributed by atoms with Gasteiger partial charge < -0.3 is 14.8 Å². The molecular formula is C17H27NO2. The molecule has 1 fully saturated rings. The largest absolute Gasteiger partial charge is 0.497 e. The van der Waals surface area contributed by atoms with Crippen molar-refractivity contribution >= 4 is 0 Å². The Balaban J connectivity index is 1.90. The van der Waals surface area contributed by atoms with E-state index in [0.29, 0.717) is 12.0 Å². The van der Waals surface area contributed by atoms with Crippen molar-refractivity contribution in [1.29, 1.82) is 0 Å². The Kier molecular flexibility index (Phi) is 5.86. The summed E-state index contributed by atoms with van der Waals surface area (Å²) in [6.45, 7) is 3.05. The van der Waals surface area contributed by atoms with Crippen molar-refractivity contribution in [2.24, 2.45) is 5.92 Å². The van der Waals surface area contributed by atoms with E-state index in [1.54, 1.807) is 7.11 Å². The third-order valence-electron chi connectivity index (χ3n) is 4.38. The number of hydrogen-bond donors (Lipinski definition) is 1. The Morgan fingerprint density at radius 1 is 1.20 bits per heavy atom. The molecule has 0 heterocycles. The summed E-state index contributed by atoms with van der Waals surface area (Å²) in [6.07, 6.45) is 5.60. The average Bonchev–Trinajstić information content (AvgIpc) is 2.50. The molecule has 0 amide bonds. The molecule has 0 aliphatic heterocycles. The van der Waals surface area contributed by atoms with Crippen molar-refractivity contribution in [3.05, 3.63) is 29.8 Å². The van der Waals surface area contributed by atoms with Crippen molar-refractivity contribution in [2.75, 3.05) is 20.8 Å². The maximum absolute atomic E-state index is 6.17. The van der Waals surface area contributed by atoms with Crippen molar-refractivity contribution in [3.8, 4) is 5.75 Å². The number of nitrogens with one attached hydrogen (secondary N) is 1. The molecule has 0 spiro atoms. The fraction of sp³-hybridized carbons (Fsp3) is 0.647. The molecule has 1 aromatic carbocycles. The molecule has 1 aliphatic rings. The van der Waals surface area contributed by atoms with E-state index < -0.39 is 0 Å². The number of hydrogen-bond acceptors (Lipinski definition) is 3. The quantitative estimate of drug-likeness (QED) is 0.862. The average molecular weight is 277 g/mol. The summed E-state index contributed by atoms with van der Waals surface area (Å²) in [6, 6.07) is 8.46. The van der Waals surface area contributed by atoms with Gasteiger partial charge >= 0.3 is 0 Å². The highest BCUT2D eigenvalue weighted by atomic mass is 16.5. The van der Waals surface area contributed by atoms with E-state index in [1.807, 2.05) is 19.2 Å². The van der Waals surface area contributed by atoms with E-state index in [4.69, 9.17) is 9.47 Å². The molecule has 1 aromatic rings. The summed E-state index contributed by atoms with van der Waals surface area (Å²) >= 11 is 0. The molecule has 112 valence electrons. The van der Waals surface area contributed by atoms with Crippen LogP contribution in [-0.4, -0.2) is 26.9 Å². The minimum Gasteiger partial charge on any atom is -0.497 e. The molecule has 3 unspecified atom stereocenters. The smallest absolute Gasteiger partial charge is 0.118 e. The summed E-state index contributed by atoms with van der Waals surface area (Å²) < 4.78 is 11.4. The highest BCUT2D eigenvalue weighted by Crippen LogP contribution is 2.27. The molecule has 0 bridgehead atoms. The minimum atomic E-state index is 0.245. The van der Waals surface area contributed by atoms with Crippen LogP contribution in [0.2, 0.25) is 0 Å². The molecule has 1 N–H and O–H groups in total. The van der Waals surface area contributed by atoms with Gasteiger partial charge in [0.2, 0.25) is 0 Å². The van der Waals surface area contributed by atoms with E-state index in [-0.39, 0.29) is 6.04 Å². The van der Waals surface area contributed by atoms with Gasteiger partial charge in [-0.2, -0.15) is 0 Å². The van der Waals surface area contributed by atoms with Crippen LogP contribution in [-0.2, 0) is 4.74 Å². The zero-order valence-electron chi connectivity index (χ0n) is 12.9. The number of rotatable bonds is 6. The molecule has 0 saturated heterocycles. The lowest BCUT2D eigenvalue weighted by Crippen LogP contribution is -2.30. The first-order chi connectivity index (χ1) is 9.74. The zero-order valence-corrected chi connectivity index (χ0v) is 12.9. The zero-order chi connectivity index (χ0) is 14.4. The van der Waals surface area contributed by atoms with Crippen LogP contribution in [0.25, 0.3) is 0 Å². The molecule has 3 heteroatoms. The monoisotopic (exact) mass is 277 g/mol. The van der Waals surface area contributed by atoms with Crippen LogP contribution in [0, 0.1) is 5.92 Å². The van der Waals surface area contributed by atoms with E-state index in [9.17, 15) is 0 Å². The second-order valence-corrected chi connectivity index (χ2v) is 5.75. The van der Waals surface area contributed by atoms with Gasteiger partial charge in [-0.3, -0.25) is 0 Å². The van der Waals surface area contributed by atoms with Gasteiger partial charge in [-0.1, -0.05) is 31.9 Å². The highest BCUT2D eigenvalue weighted by molar-refractivity contribution is 5.29. The SMILES string of the molecule is CNC(COC1CCCCC1C)c1ccc(OC)cc1. The van der Waals surface area contributed by atoms with Crippen molar-refractivity contribution in [2.45, 2.75) is 44.8 Å². The molecular weight excluding hydrogens is 250 g/mol. The Bertz CT molecular complexity index is 390. The number of methoxy groups -OCH3 is 1. The first-order valence-electron chi connectivity index (χ1n) is 7.67. The molecule has 0 radical (unpaired) electrons. The topological polar surface area (TPSA) is 30.5 Å². The summed E-state index contributed by atoms with van der Waals surface area (Å²) in [5.74, 6) is 1.59. The van der Waals surface area contributed by atoms with Gasteiger partial charge in [0.15, 0.2) is 0 Å². The van der Waals surface area contributed by atoms with E-state index in [0.717, 1.165) is 12.4 Å². The maximum Gasteiger partial charge on any atom is 0.118 e. The van der Waals surface area contributed by atoms with E-state index in [2.05, 4.69) is 24.4 Å². The van der Waals surface area contributed by atoms with Crippen LogP contribution in [0.3, 0.4) is 0 Å². The van der Waals surface area contributed by atoms with Gasteiger partial charge in [-0.15, -0.1) is 0 Å². The lowest BCUT2D eigenvalue weighted by Gasteiger charge is -2.30. The van der Waals surface area contributed by atoms with Crippen LogP contribution in [0.1, 0.15) is 44.2 Å². The van der Waals surface area contributed by atoms with Gasteiger partial charge in [0.05, 0.1) is 25.9 Å². The predicted octanol–water partition coefficient (Wildman–Crippen LogP) is 3.55. The number of ether oxygens (including phenoxy) is 2. The molecule has 1 aliphatic carbocycles. The summed E-state index contributed by atoms with van der Waals surface area (Å²) in [7, 11) is 3.68. The normalized spacial score (nSPS) is 24.4. The second-order valence-electron chi connectivity index (χ2n) is 5.75. The van der Waals surface area contributed by atoms with Crippen molar-refractivity contribution in [1.82, 2.24) is 5.32 Å². The van der Waals surface area contributed by atoms with Gasteiger partial charge in [0, 0.05) is 0 Å². The van der Waals surface area contributed by atoms with Crippen LogP contribution < -0.4 is 10.1 Å². The maximum atomic E-state index is 6.17. The second kappa shape index (κ2) is 7.65. The first-order valence-corrected chi connectivity index (χ1v) is 7.67. The fourth-order valence-electron chi connectivity index (χ4n) is 2.93. The number of likely N-dealkylation sites (N-methyl/N-ethyl adjacent to an activating group) is 1. The lowest BCUT2D eigenvalue weighted by atomic mass is 9.88. The first kappa shape index (κ1) is 15.3. The Morgan fingerprint density at radius 3 is 2.50 bits per heavy atom. The summed E-state index contributed by atoms with van der Waals surface area (Å²) in [5, 5.41) is 3.34. The van der Waals surface area contributed by atoms with Crippen molar-refractivity contribution < 1.29 is 9.47 Å². The number of benzene rings is 1. The molecule has 2 rings (SSSR count). The molecule has 20 heavy (non-hydrogen) atoms. The molecule has 3 nitrogen and oxygen atoms in total. The van der Waals surface area contributed by atoms with Crippen molar-refractivity contribution in [3.63, 3.8) is 0 Å². The molecule has 0 aromatic heterocycles. The Hall–Kier alpha value is -1.06. The summed E-state index contributed by atoms with van der Waals surface area (Å²) in [5.41, 5.74) is 1.25. The fourth-order valence-corrected chi connectivity index (χ4v) is 2.93. The summed E-state index contributed by atoms with van der Waals surface area (Å²) in [4.78, 5) is 0. The van der Waals surface area contributed by atoms with Gasteiger partial charge in [0.1, 0.15) is 5.75 Å². The molecule has 1 saturated carbocycles.